The lowest BCUT2D eigenvalue weighted by Crippen LogP contribution is -2.07. The van der Waals surface area contributed by atoms with Crippen LogP contribution in [0.5, 0.6) is 6.01 Å². The Morgan fingerprint density at radius 1 is 1.38 bits per heavy atom. The molecule has 0 spiro atoms. The summed E-state index contributed by atoms with van der Waals surface area (Å²) in [5.74, 6) is 0.560. The van der Waals surface area contributed by atoms with Gasteiger partial charge in [-0.15, -0.1) is 5.10 Å². The van der Waals surface area contributed by atoms with Crippen LogP contribution < -0.4 is 4.74 Å². The van der Waals surface area contributed by atoms with Crippen LogP contribution in [0, 0.1) is 0 Å². The topological polar surface area (TPSA) is 60.2 Å². The molecule has 0 atom stereocenters. The monoisotopic (exact) mass is 185 g/mol. The molecule has 1 aromatic heterocycles. The third-order valence-electron chi connectivity index (χ3n) is 1.66. The van der Waals surface area contributed by atoms with Crippen molar-refractivity contribution < 1.29 is 9.84 Å². The predicted molar refractivity (Wildman–Crippen MR) is 47.4 cm³/mol. The number of hydrogen-bond donors (Lipinski definition) is 1. The Hall–Kier alpha value is -1.10. The van der Waals surface area contributed by atoms with Gasteiger partial charge in [0.2, 0.25) is 0 Å². The first-order chi connectivity index (χ1) is 6.33. The van der Waals surface area contributed by atoms with E-state index in [0.29, 0.717) is 18.4 Å². The van der Waals surface area contributed by atoms with E-state index in [9.17, 15) is 0 Å². The maximum Gasteiger partial charge on any atom is 0.317 e. The fraction of sp³-hybridized carbons (Fsp3) is 0.750. The average Bonchev–Trinajstić information content (AvgIpc) is 2.50. The second-order valence-corrected chi connectivity index (χ2v) is 2.64. The Balaban J connectivity index is 2.85. The molecule has 0 aliphatic rings. The summed E-state index contributed by atoms with van der Waals surface area (Å²) in [6.07, 6.45) is 0.963. The van der Waals surface area contributed by atoms with E-state index < -0.39 is 0 Å². The quantitative estimate of drug-likeness (QED) is 0.729. The van der Waals surface area contributed by atoms with Crippen molar-refractivity contribution >= 4 is 0 Å². The van der Waals surface area contributed by atoms with Gasteiger partial charge in [0.05, 0.1) is 6.61 Å². The smallest absolute Gasteiger partial charge is 0.317 e. The van der Waals surface area contributed by atoms with Gasteiger partial charge < -0.3 is 9.84 Å². The highest BCUT2D eigenvalue weighted by atomic mass is 16.5. The first-order valence-corrected chi connectivity index (χ1v) is 4.49. The van der Waals surface area contributed by atoms with E-state index in [2.05, 4.69) is 17.1 Å². The molecule has 0 saturated carbocycles. The molecule has 0 aliphatic heterocycles. The lowest BCUT2D eigenvalue weighted by molar-refractivity contribution is 0.255. The largest absolute Gasteiger partial charge is 0.464 e. The van der Waals surface area contributed by atoms with Crippen LogP contribution in [-0.2, 0) is 13.2 Å². The Morgan fingerprint density at radius 3 is 2.69 bits per heavy atom. The van der Waals surface area contributed by atoms with Crippen LogP contribution in [0.4, 0.5) is 0 Å². The first kappa shape index (κ1) is 9.98. The van der Waals surface area contributed by atoms with Crippen LogP contribution in [-0.4, -0.2) is 26.5 Å². The minimum atomic E-state index is -0.0971. The second kappa shape index (κ2) is 4.81. The Kier molecular flexibility index (Phi) is 3.70. The third kappa shape index (κ3) is 2.18. The number of aliphatic hydroxyl groups excluding tert-OH is 1. The molecule has 1 heterocycles. The number of hydrogen-bond acceptors (Lipinski definition) is 4. The molecule has 0 radical (unpaired) electrons. The van der Waals surface area contributed by atoms with Crippen LogP contribution >= 0.6 is 0 Å². The fourth-order valence-corrected chi connectivity index (χ4v) is 1.12. The van der Waals surface area contributed by atoms with Crippen LogP contribution in [0.2, 0.25) is 0 Å². The van der Waals surface area contributed by atoms with Crippen molar-refractivity contribution in [2.45, 2.75) is 33.4 Å². The summed E-state index contributed by atoms with van der Waals surface area (Å²) in [4.78, 5) is 0. The van der Waals surface area contributed by atoms with E-state index in [1.54, 1.807) is 4.57 Å². The van der Waals surface area contributed by atoms with Crippen molar-refractivity contribution in [3.63, 3.8) is 0 Å². The normalized spacial score (nSPS) is 10.4. The van der Waals surface area contributed by atoms with E-state index in [1.165, 1.54) is 0 Å². The molecule has 0 fully saturated rings. The summed E-state index contributed by atoms with van der Waals surface area (Å²) >= 11 is 0. The number of rotatable bonds is 5. The van der Waals surface area contributed by atoms with E-state index >= 15 is 0 Å². The Morgan fingerprint density at radius 2 is 2.15 bits per heavy atom. The molecule has 1 aromatic rings. The van der Waals surface area contributed by atoms with E-state index in [4.69, 9.17) is 9.84 Å². The van der Waals surface area contributed by atoms with Gasteiger partial charge in [-0.2, -0.15) is 0 Å². The number of aliphatic hydroxyl groups is 1. The van der Waals surface area contributed by atoms with Crippen LogP contribution in [0.3, 0.4) is 0 Å². The number of nitrogens with zero attached hydrogens (tertiary/aromatic N) is 3. The first-order valence-electron chi connectivity index (χ1n) is 4.49. The molecule has 5 nitrogen and oxygen atoms in total. The van der Waals surface area contributed by atoms with Crippen molar-refractivity contribution in [3.05, 3.63) is 5.82 Å². The molecule has 0 aliphatic carbocycles. The lowest BCUT2D eigenvalue weighted by Gasteiger charge is -2.06. The Bertz CT molecular complexity index is 260. The van der Waals surface area contributed by atoms with Crippen molar-refractivity contribution in [3.8, 4) is 6.01 Å². The lowest BCUT2D eigenvalue weighted by atomic mass is 10.4. The second-order valence-electron chi connectivity index (χ2n) is 2.64. The van der Waals surface area contributed by atoms with Crippen LogP contribution in [0.25, 0.3) is 0 Å². The third-order valence-corrected chi connectivity index (χ3v) is 1.66. The molecule has 0 bridgehead atoms. The predicted octanol–water partition coefficient (Wildman–Crippen LogP) is 0.579. The van der Waals surface area contributed by atoms with Gasteiger partial charge in [-0.05, 0) is 13.3 Å². The fourth-order valence-electron chi connectivity index (χ4n) is 1.12. The zero-order valence-electron chi connectivity index (χ0n) is 8.03. The molecule has 0 saturated heterocycles. The highest BCUT2D eigenvalue weighted by Crippen LogP contribution is 2.10. The molecular weight excluding hydrogens is 170 g/mol. The Labute approximate surface area is 77.4 Å². The van der Waals surface area contributed by atoms with Gasteiger partial charge in [-0.3, -0.25) is 4.57 Å². The van der Waals surface area contributed by atoms with Crippen molar-refractivity contribution in [1.82, 2.24) is 14.8 Å². The molecule has 0 unspecified atom stereocenters. The molecule has 1 N–H and O–H groups in total. The van der Waals surface area contributed by atoms with Crippen LogP contribution in [0.1, 0.15) is 26.1 Å². The minimum absolute atomic E-state index is 0.0971. The summed E-state index contributed by atoms with van der Waals surface area (Å²) in [7, 11) is 0. The number of ether oxygens (including phenoxy) is 1. The number of aromatic nitrogens is 3. The highest BCUT2D eigenvalue weighted by Gasteiger charge is 2.10. The van der Waals surface area contributed by atoms with Gasteiger partial charge in [0.1, 0.15) is 6.61 Å². The summed E-state index contributed by atoms with van der Waals surface area (Å²) in [5, 5.41) is 16.6. The SMILES string of the molecule is CCCn1c(CO)nnc1OCC. The highest BCUT2D eigenvalue weighted by molar-refractivity contribution is 4.99. The zero-order chi connectivity index (χ0) is 9.68. The zero-order valence-corrected chi connectivity index (χ0v) is 8.03. The van der Waals surface area contributed by atoms with Gasteiger partial charge in [-0.25, -0.2) is 0 Å². The van der Waals surface area contributed by atoms with E-state index in [1.807, 2.05) is 6.92 Å². The average molecular weight is 185 g/mol. The maximum absolute atomic E-state index is 8.95. The molecule has 1 rings (SSSR count). The molecule has 0 aromatic carbocycles. The molecule has 0 amide bonds. The van der Waals surface area contributed by atoms with Gasteiger partial charge in [0.25, 0.3) is 0 Å². The van der Waals surface area contributed by atoms with Gasteiger partial charge in [0.15, 0.2) is 5.82 Å². The molecular formula is C8H15N3O2. The van der Waals surface area contributed by atoms with Gasteiger partial charge in [-0.1, -0.05) is 12.0 Å². The standard InChI is InChI=1S/C8H15N3O2/c1-3-5-11-7(6-12)9-10-8(11)13-4-2/h12H,3-6H2,1-2H3. The van der Waals surface area contributed by atoms with E-state index in [-0.39, 0.29) is 6.61 Å². The summed E-state index contributed by atoms with van der Waals surface area (Å²) < 4.78 is 7.05. The summed E-state index contributed by atoms with van der Waals surface area (Å²) in [6, 6.07) is 0.494. The molecule has 5 heteroatoms. The van der Waals surface area contributed by atoms with Crippen LogP contribution in [0.15, 0.2) is 0 Å². The van der Waals surface area contributed by atoms with Crippen molar-refractivity contribution in [1.29, 1.82) is 0 Å². The van der Waals surface area contributed by atoms with Gasteiger partial charge >= 0.3 is 6.01 Å². The summed E-state index contributed by atoms with van der Waals surface area (Å²) in [5.41, 5.74) is 0. The van der Waals surface area contributed by atoms with Gasteiger partial charge in [0, 0.05) is 6.54 Å². The molecule has 74 valence electrons. The molecule has 13 heavy (non-hydrogen) atoms. The van der Waals surface area contributed by atoms with E-state index in [0.717, 1.165) is 13.0 Å². The van der Waals surface area contributed by atoms with Crippen molar-refractivity contribution in [2.75, 3.05) is 6.61 Å². The maximum atomic E-state index is 8.95. The van der Waals surface area contributed by atoms with Crippen molar-refractivity contribution in [2.24, 2.45) is 0 Å². The minimum Gasteiger partial charge on any atom is -0.464 e. The summed E-state index contributed by atoms with van der Waals surface area (Å²) in [6.45, 7) is 5.19.